The second-order valence-corrected chi connectivity index (χ2v) is 3.79. The first-order valence-corrected chi connectivity index (χ1v) is 5.49. The van der Waals surface area contributed by atoms with Crippen molar-refractivity contribution in [1.29, 1.82) is 5.26 Å². The van der Waals surface area contributed by atoms with Crippen LogP contribution in [0, 0.1) is 17.2 Å². The largest absolute Gasteiger partial charge is 0.385 e. The number of rotatable bonds is 7. The third kappa shape index (κ3) is 5.10. The molecule has 0 aliphatic rings. The summed E-state index contributed by atoms with van der Waals surface area (Å²) in [6.45, 7) is 5.15. The molecule has 0 aromatic heterocycles. The standard InChI is InChI=1S/C11H21N3O2/c1-4-14(8-9(2)7-12)11(15)10(13)5-6-16-3/h9-10H,4-6,8,13H2,1-3H3. The number of ether oxygens (including phenoxy) is 1. The van der Waals surface area contributed by atoms with E-state index in [9.17, 15) is 4.79 Å². The van der Waals surface area contributed by atoms with Crippen molar-refractivity contribution in [3.63, 3.8) is 0 Å². The molecule has 0 bridgehead atoms. The number of hydrogen-bond acceptors (Lipinski definition) is 4. The van der Waals surface area contributed by atoms with E-state index >= 15 is 0 Å². The number of carbonyl (C=O) groups is 1. The Morgan fingerprint density at radius 1 is 1.62 bits per heavy atom. The Bertz CT molecular complexity index is 250. The molecule has 0 saturated heterocycles. The van der Waals surface area contributed by atoms with Crippen molar-refractivity contribution >= 4 is 5.91 Å². The SMILES string of the molecule is CCN(CC(C)C#N)C(=O)C(N)CCOC. The van der Waals surface area contributed by atoms with Gasteiger partial charge in [-0.1, -0.05) is 0 Å². The lowest BCUT2D eigenvalue weighted by Gasteiger charge is -2.25. The average molecular weight is 227 g/mol. The van der Waals surface area contributed by atoms with Crippen molar-refractivity contribution in [2.75, 3.05) is 26.8 Å². The molecule has 0 aliphatic heterocycles. The molecule has 2 N–H and O–H groups in total. The van der Waals surface area contributed by atoms with Gasteiger partial charge < -0.3 is 15.4 Å². The molecule has 5 heteroatoms. The summed E-state index contributed by atoms with van der Waals surface area (Å²) in [6.07, 6.45) is 0.507. The fraction of sp³-hybridized carbons (Fsp3) is 0.818. The minimum Gasteiger partial charge on any atom is -0.385 e. The van der Waals surface area contributed by atoms with Gasteiger partial charge in [-0.15, -0.1) is 0 Å². The van der Waals surface area contributed by atoms with E-state index in [0.29, 0.717) is 26.1 Å². The molecule has 0 radical (unpaired) electrons. The Morgan fingerprint density at radius 3 is 2.69 bits per heavy atom. The molecule has 2 unspecified atom stereocenters. The lowest BCUT2D eigenvalue weighted by Crippen LogP contribution is -2.45. The van der Waals surface area contributed by atoms with Crippen LogP contribution in [0.5, 0.6) is 0 Å². The first-order valence-electron chi connectivity index (χ1n) is 5.49. The van der Waals surface area contributed by atoms with E-state index in [1.165, 1.54) is 0 Å². The highest BCUT2D eigenvalue weighted by atomic mass is 16.5. The normalized spacial score (nSPS) is 13.9. The summed E-state index contributed by atoms with van der Waals surface area (Å²) in [5.74, 6) is -0.278. The molecule has 92 valence electrons. The number of likely N-dealkylation sites (N-methyl/N-ethyl adjacent to an activating group) is 1. The van der Waals surface area contributed by atoms with E-state index in [0.717, 1.165) is 0 Å². The fourth-order valence-corrected chi connectivity index (χ4v) is 1.35. The predicted octanol–water partition coefficient (Wildman–Crippen LogP) is 0.358. The highest BCUT2D eigenvalue weighted by molar-refractivity contribution is 5.81. The maximum absolute atomic E-state index is 11.9. The maximum atomic E-state index is 11.9. The van der Waals surface area contributed by atoms with E-state index < -0.39 is 6.04 Å². The van der Waals surface area contributed by atoms with Crippen molar-refractivity contribution in [2.24, 2.45) is 11.7 Å². The van der Waals surface area contributed by atoms with Gasteiger partial charge in [0.05, 0.1) is 18.0 Å². The Hall–Kier alpha value is -1.12. The summed E-state index contributed by atoms with van der Waals surface area (Å²) < 4.78 is 4.88. The summed E-state index contributed by atoms with van der Waals surface area (Å²) in [4.78, 5) is 13.5. The van der Waals surface area contributed by atoms with Crippen molar-refractivity contribution in [1.82, 2.24) is 4.90 Å². The highest BCUT2D eigenvalue weighted by Gasteiger charge is 2.20. The van der Waals surface area contributed by atoms with Crippen LogP contribution in [0.25, 0.3) is 0 Å². The molecule has 0 aromatic rings. The molecule has 16 heavy (non-hydrogen) atoms. The van der Waals surface area contributed by atoms with Crippen LogP contribution < -0.4 is 5.73 Å². The van der Waals surface area contributed by atoms with Gasteiger partial charge in [0, 0.05) is 26.8 Å². The van der Waals surface area contributed by atoms with Crippen LogP contribution in [-0.4, -0.2) is 43.7 Å². The maximum Gasteiger partial charge on any atom is 0.239 e. The zero-order chi connectivity index (χ0) is 12.6. The molecule has 0 heterocycles. The first-order chi connectivity index (χ1) is 7.56. The molecule has 0 aliphatic carbocycles. The third-order valence-corrected chi connectivity index (χ3v) is 2.36. The quantitative estimate of drug-likeness (QED) is 0.681. The van der Waals surface area contributed by atoms with Gasteiger partial charge in [-0.3, -0.25) is 4.79 Å². The van der Waals surface area contributed by atoms with Crippen LogP contribution >= 0.6 is 0 Å². The van der Waals surface area contributed by atoms with Crippen LogP contribution in [0.4, 0.5) is 0 Å². The second-order valence-electron chi connectivity index (χ2n) is 3.79. The summed E-state index contributed by atoms with van der Waals surface area (Å²) >= 11 is 0. The van der Waals surface area contributed by atoms with Gasteiger partial charge in [0.2, 0.25) is 5.91 Å². The molecule has 0 aromatic carbocycles. The summed E-state index contributed by atoms with van der Waals surface area (Å²) in [5.41, 5.74) is 5.74. The van der Waals surface area contributed by atoms with Gasteiger partial charge in [-0.2, -0.15) is 5.26 Å². The molecule has 5 nitrogen and oxygen atoms in total. The molecular formula is C11H21N3O2. The van der Waals surface area contributed by atoms with E-state index in [1.807, 2.05) is 6.92 Å². The van der Waals surface area contributed by atoms with Crippen molar-refractivity contribution in [2.45, 2.75) is 26.3 Å². The summed E-state index contributed by atoms with van der Waals surface area (Å²) in [6, 6.07) is 1.57. The fourth-order valence-electron chi connectivity index (χ4n) is 1.35. The average Bonchev–Trinajstić information content (AvgIpc) is 2.31. The van der Waals surface area contributed by atoms with Gasteiger partial charge in [0.1, 0.15) is 0 Å². The number of amides is 1. The van der Waals surface area contributed by atoms with Crippen LogP contribution in [0.3, 0.4) is 0 Å². The van der Waals surface area contributed by atoms with Crippen molar-refractivity contribution < 1.29 is 9.53 Å². The van der Waals surface area contributed by atoms with Crippen molar-refractivity contribution in [3.05, 3.63) is 0 Å². The van der Waals surface area contributed by atoms with Crippen LogP contribution in [0.2, 0.25) is 0 Å². The number of carbonyl (C=O) groups excluding carboxylic acids is 1. The molecule has 0 rings (SSSR count). The molecule has 0 fully saturated rings. The van der Waals surface area contributed by atoms with Gasteiger partial charge in [-0.25, -0.2) is 0 Å². The zero-order valence-electron chi connectivity index (χ0n) is 10.3. The predicted molar refractivity (Wildman–Crippen MR) is 61.5 cm³/mol. The van der Waals surface area contributed by atoms with Crippen LogP contribution in [0.1, 0.15) is 20.3 Å². The van der Waals surface area contributed by atoms with Gasteiger partial charge in [0.25, 0.3) is 0 Å². The van der Waals surface area contributed by atoms with E-state index in [-0.39, 0.29) is 11.8 Å². The topological polar surface area (TPSA) is 79.4 Å². The molecule has 0 spiro atoms. The van der Waals surface area contributed by atoms with Crippen molar-refractivity contribution in [3.8, 4) is 6.07 Å². The molecule has 0 saturated carbocycles. The van der Waals surface area contributed by atoms with E-state index in [4.69, 9.17) is 15.7 Å². The minimum absolute atomic E-state index is 0.110. The highest BCUT2D eigenvalue weighted by Crippen LogP contribution is 2.02. The molecule has 2 atom stereocenters. The van der Waals surface area contributed by atoms with Crippen LogP contribution in [-0.2, 0) is 9.53 Å². The van der Waals surface area contributed by atoms with Gasteiger partial charge in [0.15, 0.2) is 0 Å². The van der Waals surface area contributed by atoms with E-state index in [1.54, 1.807) is 18.9 Å². The number of nitrogens with two attached hydrogens (primary N) is 1. The number of methoxy groups -OCH3 is 1. The Morgan fingerprint density at radius 2 is 2.25 bits per heavy atom. The summed E-state index contributed by atoms with van der Waals surface area (Å²) in [5, 5.41) is 8.70. The molecule has 1 amide bonds. The number of hydrogen-bond donors (Lipinski definition) is 1. The Balaban J connectivity index is 4.24. The smallest absolute Gasteiger partial charge is 0.239 e. The Labute approximate surface area is 97.2 Å². The van der Waals surface area contributed by atoms with Crippen LogP contribution in [0.15, 0.2) is 0 Å². The van der Waals surface area contributed by atoms with Gasteiger partial charge in [-0.05, 0) is 20.3 Å². The molecular weight excluding hydrogens is 206 g/mol. The third-order valence-electron chi connectivity index (χ3n) is 2.36. The summed E-state index contributed by atoms with van der Waals surface area (Å²) in [7, 11) is 1.58. The number of nitriles is 1. The lowest BCUT2D eigenvalue weighted by molar-refractivity contribution is -0.133. The Kier molecular flexibility index (Phi) is 7.52. The first kappa shape index (κ1) is 14.9. The zero-order valence-corrected chi connectivity index (χ0v) is 10.3. The minimum atomic E-state index is -0.536. The number of nitrogens with zero attached hydrogens (tertiary/aromatic N) is 2. The van der Waals surface area contributed by atoms with Gasteiger partial charge >= 0.3 is 0 Å². The van der Waals surface area contributed by atoms with E-state index in [2.05, 4.69) is 6.07 Å². The lowest BCUT2D eigenvalue weighted by atomic mass is 10.1. The monoisotopic (exact) mass is 227 g/mol. The second kappa shape index (κ2) is 8.08.